The van der Waals surface area contributed by atoms with Crippen molar-refractivity contribution < 1.29 is 91.1 Å². The van der Waals surface area contributed by atoms with Gasteiger partial charge in [-0.25, -0.2) is 28.8 Å². The zero-order valence-electron chi connectivity index (χ0n) is 40.2. The van der Waals surface area contributed by atoms with E-state index in [1.54, 1.807) is 109 Å². The van der Waals surface area contributed by atoms with Gasteiger partial charge in [-0.15, -0.1) is 0 Å². The molecule has 3 aliphatic rings. The molecule has 0 unspecified atom stereocenters. The van der Waals surface area contributed by atoms with Crippen LogP contribution in [0.2, 0.25) is 0 Å². The monoisotopic (exact) mass is 1040 g/mol. The average molecular weight is 1040 g/mol. The van der Waals surface area contributed by atoms with Crippen molar-refractivity contribution in [1.82, 2.24) is 0 Å². The van der Waals surface area contributed by atoms with Gasteiger partial charge < -0.3 is 62.3 Å². The molecule has 0 aromatic heterocycles. The average Bonchev–Trinajstić information content (AvgIpc) is 3.95. The molecule has 392 valence electrons. The fraction of sp³-hybridized carbons (Fsp3) is 0.263. The maximum absolute atomic E-state index is 13.9. The highest BCUT2D eigenvalue weighted by Gasteiger charge is 2.57. The Labute approximate surface area is 434 Å². The van der Waals surface area contributed by atoms with Gasteiger partial charge in [0.1, 0.15) is 43.7 Å². The molecule has 0 aliphatic carbocycles. The van der Waals surface area contributed by atoms with E-state index in [9.17, 15) is 39.0 Å². The number of aliphatic hydroxyl groups excluding tert-OH is 2. The Morgan fingerprint density at radius 1 is 0.368 bits per heavy atom. The number of aliphatic hydroxyl groups is 2. The molecule has 19 nitrogen and oxygen atoms in total. The van der Waals surface area contributed by atoms with Gasteiger partial charge in [0.2, 0.25) is 0 Å². The van der Waals surface area contributed by atoms with Crippen LogP contribution in [0.4, 0.5) is 0 Å². The molecule has 9 rings (SSSR count). The Hall–Kier alpha value is -8.14. The normalized spacial score (nSPS) is 25.8. The van der Waals surface area contributed by atoms with Gasteiger partial charge in [0.25, 0.3) is 0 Å². The van der Waals surface area contributed by atoms with Gasteiger partial charge in [0.15, 0.2) is 43.3 Å². The van der Waals surface area contributed by atoms with Crippen molar-refractivity contribution in [2.24, 2.45) is 0 Å². The molecule has 19 heteroatoms. The van der Waals surface area contributed by atoms with Crippen LogP contribution in [0, 0.1) is 0 Å². The Kier molecular flexibility index (Phi) is 17.3. The lowest BCUT2D eigenvalue weighted by Gasteiger charge is -2.40. The lowest BCUT2D eigenvalue weighted by atomic mass is 10.0. The predicted octanol–water partition coefficient (Wildman–Crippen LogP) is 5.53. The summed E-state index contributed by atoms with van der Waals surface area (Å²) in [6.45, 7) is -1.73. The Balaban J connectivity index is 1.04. The maximum atomic E-state index is 13.9. The second-order valence-corrected chi connectivity index (χ2v) is 17.5. The van der Waals surface area contributed by atoms with Crippen LogP contribution in [0.1, 0.15) is 62.1 Å². The number of hydrogen-bond donors (Lipinski definition) is 2. The standard InChI is InChI=1S/C57H50O19/c58-40-31-66-55(65)46(76-57-48(74-54(64)39-29-17-6-18-30-39)45(72-52(62)37-25-13-4-14-26-37)42(70-57)33-68-50(60)35-21-9-2-10-22-35)43(40)75-56-47(73-53(63)38-27-15-5-16-28-38)44(71-51(61)36-23-11-3-12-24-36)41(69-56)32-67-49(59)34-19-7-1-8-20-34/h1-30,40-48,55-58,65H,31-33H2/t40-,41+,42+,43+,44+,45+,46-,47-,48-,55+,56+,57+/m1/s1. The summed E-state index contributed by atoms with van der Waals surface area (Å²) in [5, 5.41) is 23.3. The topological polar surface area (TPSA) is 244 Å². The zero-order chi connectivity index (χ0) is 53.0. The van der Waals surface area contributed by atoms with Crippen LogP contribution in [0.3, 0.4) is 0 Å². The van der Waals surface area contributed by atoms with Crippen LogP contribution < -0.4 is 0 Å². The second kappa shape index (κ2) is 24.9. The van der Waals surface area contributed by atoms with Crippen molar-refractivity contribution in [2.45, 2.75) is 73.8 Å². The first-order valence-electron chi connectivity index (χ1n) is 24.1. The van der Waals surface area contributed by atoms with E-state index in [0.29, 0.717) is 0 Å². The number of hydrogen-bond acceptors (Lipinski definition) is 19. The Morgan fingerprint density at radius 2 is 0.645 bits per heavy atom. The van der Waals surface area contributed by atoms with Crippen LogP contribution in [0.15, 0.2) is 182 Å². The van der Waals surface area contributed by atoms with Gasteiger partial charge in [0.05, 0.1) is 40.0 Å². The largest absolute Gasteiger partial charge is 0.459 e. The third kappa shape index (κ3) is 12.8. The Morgan fingerprint density at radius 3 is 0.961 bits per heavy atom. The number of benzene rings is 6. The fourth-order valence-electron chi connectivity index (χ4n) is 8.49. The summed E-state index contributed by atoms with van der Waals surface area (Å²) in [4.78, 5) is 82.0. The van der Waals surface area contributed by atoms with E-state index < -0.39 is 129 Å². The molecule has 3 aliphatic heterocycles. The zero-order valence-corrected chi connectivity index (χ0v) is 40.2. The van der Waals surface area contributed by atoms with Crippen LogP contribution >= 0.6 is 0 Å². The number of carbonyl (C=O) groups is 6. The van der Waals surface area contributed by atoms with E-state index in [1.165, 1.54) is 72.8 Å². The van der Waals surface area contributed by atoms with E-state index in [1.807, 2.05) is 0 Å². The highest BCUT2D eigenvalue weighted by atomic mass is 16.8. The number of ether oxygens (including phenoxy) is 11. The maximum Gasteiger partial charge on any atom is 0.338 e. The predicted molar refractivity (Wildman–Crippen MR) is 261 cm³/mol. The van der Waals surface area contributed by atoms with Crippen LogP contribution in [0.5, 0.6) is 0 Å². The van der Waals surface area contributed by atoms with E-state index in [-0.39, 0.29) is 33.4 Å². The highest BCUT2D eigenvalue weighted by molar-refractivity contribution is 5.92. The lowest BCUT2D eigenvalue weighted by Crippen LogP contribution is -2.59. The molecular formula is C57H50O19. The second-order valence-electron chi connectivity index (χ2n) is 17.5. The van der Waals surface area contributed by atoms with Crippen molar-refractivity contribution in [3.8, 4) is 0 Å². The molecule has 0 radical (unpaired) electrons. The Bertz CT molecular complexity index is 2700. The summed E-state index contributed by atoms with van der Waals surface area (Å²) >= 11 is 0. The molecule has 12 atom stereocenters. The van der Waals surface area contributed by atoms with Crippen molar-refractivity contribution in [1.29, 1.82) is 0 Å². The van der Waals surface area contributed by atoms with Gasteiger partial charge in [0, 0.05) is 0 Å². The first-order chi connectivity index (χ1) is 37.0. The minimum Gasteiger partial charge on any atom is -0.459 e. The SMILES string of the molecule is O=C(OC[C@@H]1O[C@@H](O[C@@H]2[C@@H](O[C@@H]3O[C@@H](COC(=O)c4ccccc4)[C@H](OC(=O)c4ccccc4)[C@H]3OC(=O)c3ccccc3)[C@@H](O)OC[C@H]2O)[C@H](OC(=O)c2ccccc2)[C@H]1OC(=O)c1ccccc1)c1ccccc1. The molecule has 0 bridgehead atoms. The summed E-state index contributed by atoms with van der Waals surface area (Å²) in [5.74, 6) is -5.13. The van der Waals surface area contributed by atoms with E-state index in [4.69, 9.17) is 52.1 Å². The highest BCUT2D eigenvalue weighted by Crippen LogP contribution is 2.36. The van der Waals surface area contributed by atoms with Gasteiger partial charge >= 0.3 is 35.8 Å². The smallest absolute Gasteiger partial charge is 0.338 e. The molecule has 0 spiro atoms. The summed E-state index contributed by atoms with van der Waals surface area (Å²) in [5.41, 5.74) is 0.742. The number of rotatable bonds is 18. The molecule has 6 aromatic rings. The van der Waals surface area contributed by atoms with Crippen LogP contribution in [-0.4, -0.2) is 140 Å². The third-order valence-corrected chi connectivity index (χ3v) is 12.3. The minimum atomic E-state index is -1.95. The molecular weight excluding hydrogens is 989 g/mol. The summed E-state index contributed by atoms with van der Waals surface area (Å²) in [7, 11) is 0. The first kappa shape index (κ1) is 52.7. The van der Waals surface area contributed by atoms with E-state index >= 15 is 0 Å². The summed E-state index contributed by atoms with van der Waals surface area (Å²) in [6, 6.07) is 47.4. The van der Waals surface area contributed by atoms with Crippen LogP contribution in [-0.2, 0) is 52.1 Å². The van der Waals surface area contributed by atoms with Gasteiger partial charge in [-0.05, 0) is 72.8 Å². The third-order valence-electron chi connectivity index (χ3n) is 12.3. The van der Waals surface area contributed by atoms with Gasteiger partial charge in [-0.3, -0.25) is 0 Å². The quantitative estimate of drug-likeness (QED) is 0.0793. The number of esters is 6. The van der Waals surface area contributed by atoms with E-state index in [2.05, 4.69) is 0 Å². The molecule has 3 saturated heterocycles. The van der Waals surface area contributed by atoms with E-state index in [0.717, 1.165) is 0 Å². The van der Waals surface area contributed by atoms with Crippen molar-refractivity contribution in [3.63, 3.8) is 0 Å². The molecule has 76 heavy (non-hydrogen) atoms. The molecule has 2 N–H and O–H groups in total. The first-order valence-corrected chi connectivity index (χ1v) is 24.1. The van der Waals surface area contributed by atoms with Crippen molar-refractivity contribution in [2.75, 3.05) is 19.8 Å². The minimum absolute atomic E-state index is 0.0759. The molecule has 3 fully saturated rings. The van der Waals surface area contributed by atoms with Crippen LogP contribution in [0.25, 0.3) is 0 Å². The summed E-state index contributed by atoms with van der Waals surface area (Å²) in [6.07, 6.45) is -20.1. The van der Waals surface area contributed by atoms with Gasteiger partial charge in [-0.1, -0.05) is 109 Å². The molecule has 0 saturated carbocycles. The lowest BCUT2D eigenvalue weighted by molar-refractivity contribution is -0.333. The fourth-order valence-corrected chi connectivity index (χ4v) is 8.49. The summed E-state index contributed by atoms with van der Waals surface area (Å²) < 4.78 is 66.5. The number of carbonyl (C=O) groups excluding carboxylic acids is 6. The molecule has 6 aromatic carbocycles. The molecule has 0 amide bonds. The molecule has 3 heterocycles. The van der Waals surface area contributed by atoms with Crippen molar-refractivity contribution >= 4 is 35.8 Å². The van der Waals surface area contributed by atoms with Crippen molar-refractivity contribution in [3.05, 3.63) is 215 Å². The van der Waals surface area contributed by atoms with Gasteiger partial charge in [-0.2, -0.15) is 0 Å².